The molecule has 1 fully saturated rings. The van der Waals surface area contributed by atoms with Gasteiger partial charge in [0.15, 0.2) is 5.78 Å². The van der Waals surface area contributed by atoms with E-state index in [2.05, 4.69) is 5.32 Å². The van der Waals surface area contributed by atoms with Crippen LogP contribution in [0, 0.1) is 5.92 Å². The number of rotatable bonds is 6. The smallest absolute Gasteiger partial charge is 0.223 e. The lowest BCUT2D eigenvalue weighted by Crippen LogP contribution is -2.38. The number of nitrogens with one attached hydrogen (secondary N) is 1. The fraction of sp³-hybridized carbons (Fsp3) is 0.304. The first-order valence-corrected chi connectivity index (χ1v) is 9.36. The van der Waals surface area contributed by atoms with Crippen molar-refractivity contribution in [2.24, 2.45) is 5.92 Å². The van der Waals surface area contributed by atoms with Gasteiger partial charge in [0.2, 0.25) is 5.91 Å². The zero-order chi connectivity index (χ0) is 18.2. The highest BCUT2D eigenvalue weighted by molar-refractivity contribution is 6.00. The monoisotopic (exact) mass is 347 g/mol. The lowest BCUT2D eigenvalue weighted by atomic mass is 9.88. The molecule has 2 aromatic rings. The number of carbonyl (C=O) groups excluding carboxylic acids is 2. The Morgan fingerprint density at radius 2 is 1.50 bits per heavy atom. The number of hydrogen-bond donors (Lipinski definition) is 1. The van der Waals surface area contributed by atoms with E-state index in [1.165, 1.54) is 6.42 Å². The van der Waals surface area contributed by atoms with Gasteiger partial charge in [0, 0.05) is 5.92 Å². The van der Waals surface area contributed by atoms with Crippen LogP contribution in [0.15, 0.2) is 66.7 Å². The molecule has 134 valence electrons. The fourth-order valence-corrected chi connectivity index (χ4v) is 3.43. The molecule has 3 rings (SSSR count). The predicted octanol–water partition coefficient (Wildman–Crippen LogP) is 4.71. The molecular weight excluding hydrogens is 322 g/mol. The van der Waals surface area contributed by atoms with E-state index < -0.39 is 6.04 Å². The van der Waals surface area contributed by atoms with Crippen LogP contribution in [0.1, 0.15) is 49.3 Å². The summed E-state index contributed by atoms with van der Waals surface area (Å²) in [7, 11) is 0. The molecule has 0 saturated heterocycles. The minimum atomic E-state index is -0.634. The molecule has 0 heterocycles. The molecule has 0 aromatic heterocycles. The molecule has 3 nitrogen and oxygen atoms in total. The van der Waals surface area contributed by atoms with Gasteiger partial charge in [0.05, 0.1) is 0 Å². The van der Waals surface area contributed by atoms with Crippen molar-refractivity contribution in [1.82, 2.24) is 5.32 Å². The first-order chi connectivity index (χ1) is 12.7. The molecule has 1 amide bonds. The first kappa shape index (κ1) is 18.1. The van der Waals surface area contributed by atoms with Crippen LogP contribution in [0.3, 0.4) is 0 Å². The third-order valence-corrected chi connectivity index (χ3v) is 4.92. The normalized spacial score (nSPS) is 16.3. The molecule has 0 spiro atoms. The van der Waals surface area contributed by atoms with Crippen molar-refractivity contribution >= 4 is 17.8 Å². The molecule has 1 N–H and O–H groups in total. The van der Waals surface area contributed by atoms with Crippen molar-refractivity contribution in [3.8, 4) is 0 Å². The molecule has 1 unspecified atom stereocenters. The third-order valence-electron chi connectivity index (χ3n) is 4.92. The van der Waals surface area contributed by atoms with E-state index in [1.54, 1.807) is 12.2 Å². The maximum Gasteiger partial charge on any atom is 0.223 e. The lowest BCUT2D eigenvalue weighted by molar-refractivity contribution is -0.129. The van der Waals surface area contributed by atoms with E-state index in [1.807, 2.05) is 60.7 Å². The van der Waals surface area contributed by atoms with Crippen LogP contribution in [0.5, 0.6) is 0 Å². The van der Waals surface area contributed by atoms with Crippen LogP contribution < -0.4 is 5.32 Å². The summed E-state index contributed by atoms with van der Waals surface area (Å²) in [4.78, 5) is 25.5. The topological polar surface area (TPSA) is 46.2 Å². The van der Waals surface area contributed by atoms with Gasteiger partial charge in [0.25, 0.3) is 0 Å². The van der Waals surface area contributed by atoms with Crippen molar-refractivity contribution in [1.29, 1.82) is 0 Å². The van der Waals surface area contributed by atoms with Crippen LogP contribution >= 0.6 is 0 Å². The molecule has 1 atom stereocenters. The predicted molar refractivity (Wildman–Crippen MR) is 104 cm³/mol. The number of hydrogen-bond acceptors (Lipinski definition) is 2. The van der Waals surface area contributed by atoms with Crippen molar-refractivity contribution in [3.63, 3.8) is 0 Å². The fourth-order valence-electron chi connectivity index (χ4n) is 3.43. The molecule has 1 aliphatic rings. The summed E-state index contributed by atoms with van der Waals surface area (Å²) in [6.45, 7) is 0. The molecule has 0 radical (unpaired) electrons. The quantitative estimate of drug-likeness (QED) is 0.770. The average molecular weight is 347 g/mol. The van der Waals surface area contributed by atoms with E-state index >= 15 is 0 Å². The summed E-state index contributed by atoms with van der Waals surface area (Å²) >= 11 is 0. The Labute approximate surface area is 155 Å². The molecule has 26 heavy (non-hydrogen) atoms. The summed E-state index contributed by atoms with van der Waals surface area (Å²) < 4.78 is 0. The van der Waals surface area contributed by atoms with E-state index in [0.29, 0.717) is 0 Å². The van der Waals surface area contributed by atoms with Crippen molar-refractivity contribution < 1.29 is 9.59 Å². The highest BCUT2D eigenvalue weighted by atomic mass is 16.2. The van der Waals surface area contributed by atoms with E-state index in [9.17, 15) is 9.59 Å². The van der Waals surface area contributed by atoms with Gasteiger partial charge in [0.1, 0.15) is 6.04 Å². The summed E-state index contributed by atoms with van der Waals surface area (Å²) in [5, 5.41) is 3.00. The Bertz CT molecular complexity index is 746. The van der Waals surface area contributed by atoms with Gasteiger partial charge >= 0.3 is 0 Å². The molecule has 0 aliphatic heterocycles. The molecular formula is C23H25NO2. The number of benzene rings is 2. The number of amides is 1. The van der Waals surface area contributed by atoms with Gasteiger partial charge < -0.3 is 5.32 Å². The van der Waals surface area contributed by atoms with Gasteiger partial charge in [-0.05, 0) is 30.0 Å². The zero-order valence-electron chi connectivity index (χ0n) is 14.9. The first-order valence-electron chi connectivity index (χ1n) is 9.36. The molecule has 0 bridgehead atoms. The van der Waals surface area contributed by atoms with E-state index in [4.69, 9.17) is 0 Å². The van der Waals surface area contributed by atoms with Crippen molar-refractivity contribution in [2.45, 2.75) is 38.1 Å². The highest BCUT2D eigenvalue weighted by Crippen LogP contribution is 2.25. The van der Waals surface area contributed by atoms with Gasteiger partial charge in [-0.15, -0.1) is 0 Å². The summed E-state index contributed by atoms with van der Waals surface area (Å²) in [6.07, 6.45) is 8.58. The van der Waals surface area contributed by atoms with Crippen LogP contribution in [0.25, 0.3) is 6.08 Å². The van der Waals surface area contributed by atoms with Crippen molar-refractivity contribution in [2.75, 3.05) is 0 Å². The SMILES string of the molecule is O=C(NC(C(=O)C=Cc1ccccc1)c1ccccc1)C1CCCCC1. The molecule has 2 aromatic carbocycles. The van der Waals surface area contributed by atoms with E-state index in [-0.39, 0.29) is 17.6 Å². The van der Waals surface area contributed by atoms with Crippen molar-refractivity contribution in [3.05, 3.63) is 77.9 Å². The van der Waals surface area contributed by atoms with Crippen LogP contribution in [0.2, 0.25) is 0 Å². The Morgan fingerprint density at radius 3 is 2.15 bits per heavy atom. The maximum atomic E-state index is 12.8. The van der Waals surface area contributed by atoms with Gasteiger partial charge in [-0.3, -0.25) is 9.59 Å². The third kappa shape index (κ3) is 4.92. The summed E-state index contributed by atoms with van der Waals surface area (Å²) in [5.41, 5.74) is 1.78. The Morgan fingerprint density at radius 1 is 0.885 bits per heavy atom. The minimum Gasteiger partial charge on any atom is -0.342 e. The Balaban J connectivity index is 1.75. The van der Waals surface area contributed by atoms with Gasteiger partial charge in [-0.2, -0.15) is 0 Å². The second kappa shape index (κ2) is 9.14. The van der Waals surface area contributed by atoms with Gasteiger partial charge in [-0.25, -0.2) is 0 Å². The largest absolute Gasteiger partial charge is 0.342 e. The molecule has 1 aliphatic carbocycles. The van der Waals surface area contributed by atoms with Crippen LogP contribution in [-0.4, -0.2) is 11.7 Å². The Hall–Kier alpha value is -2.68. The zero-order valence-corrected chi connectivity index (χ0v) is 14.9. The van der Waals surface area contributed by atoms with Crippen LogP contribution in [-0.2, 0) is 9.59 Å². The van der Waals surface area contributed by atoms with E-state index in [0.717, 1.165) is 36.8 Å². The second-order valence-corrected chi connectivity index (χ2v) is 6.83. The summed E-state index contributed by atoms with van der Waals surface area (Å²) in [5.74, 6) is -0.0786. The van der Waals surface area contributed by atoms with Gasteiger partial charge in [-0.1, -0.05) is 86.0 Å². The Kier molecular flexibility index (Phi) is 6.37. The molecule has 3 heteroatoms. The highest BCUT2D eigenvalue weighted by Gasteiger charge is 2.26. The number of carbonyl (C=O) groups is 2. The molecule has 1 saturated carbocycles. The average Bonchev–Trinajstić information content (AvgIpc) is 2.72. The summed E-state index contributed by atoms with van der Waals surface area (Å²) in [6, 6.07) is 18.5. The second-order valence-electron chi connectivity index (χ2n) is 6.83. The standard InChI is InChI=1S/C23H25NO2/c25-21(17-16-18-10-4-1-5-11-18)22(19-12-6-2-7-13-19)24-23(26)20-14-8-3-9-15-20/h1-2,4-7,10-13,16-17,20,22H,3,8-9,14-15H2,(H,24,26). The number of ketones is 1. The maximum absolute atomic E-state index is 12.8. The van der Waals surface area contributed by atoms with Crippen LogP contribution in [0.4, 0.5) is 0 Å². The lowest BCUT2D eigenvalue weighted by Gasteiger charge is -2.24. The minimum absolute atomic E-state index is 0.0000131.